The largest absolute Gasteiger partial charge is 0.483 e. The zero-order valence-corrected chi connectivity index (χ0v) is 7.87. The van der Waals surface area contributed by atoms with Gasteiger partial charge in [-0.1, -0.05) is 0 Å². The number of primary amides is 1. The molecule has 0 bridgehead atoms. The van der Waals surface area contributed by atoms with E-state index in [1.54, 1.807) is 0 Å². The maximum Gasteiger partial charge on any atom is 0.314 e. The smallest absolute Gasteiger partial charge is 0.314 e. The first-order valence-electron chi connectivity index (χ1n) is 4.13. The van der Waals surface area contributed by atoms with Crippen LogP contribution in [0.3, 0.4) is 0 Å². The quantitative estimate of drug-likeness (QED) is 0.336. The van der Waals surface area contributed by atoms with Gasteiger partial charge < -0.3 is 31.1 Å². The first-order chi connectivity index (χ1) is 7.04. The molecule has 6 N–H and O–H groups in total. The molecule has 0 saturated carbocycles. The molecule has 0 aromatic carbocycles. The molecule has 1 saturated heterocycles. The molecule has 8 heteroatoms. The van der Waals surface area contributed by atoms with Crippen molar-refractivity contribution in [1.82, 2.24) is 5.32 Å². The summed E-state index contributed by atoms with van der Waals surface area (Å²) in [4.78, 5) is 18.7. The van der Waals surface area contributed by atoms with Gasteiger partial charge in [-0.15, -0.1) is 0 Å². The minimum absolute atomic E-state index is 0.250. The summed E-state index contributed by atoms with van der Waals surface area (Å²) in [6.07, 6.45) is -1.70. The molecule has 0 radical (unpaired) electrons. The Labute approximate surface area is 85.6 Å². The van der Waals surface area contributed by atoms with Gasteiger partial charge in [0.2, 0.25) is 0 Å². The van der Waals surface area contributed by atoms with Crippen molar-refractivity contribution < 1.29 is 29.6 Å². The van der Waals surface area contributed by atoms with E-state index < -0.39 is 24.5 Å². The summed E-state index contributed by atoms with van der Waals surface area (Å²) in [6, 6.07) is -0.703. The lowest BCUT2D eigenvalue weighted by atomic mass is 10.2. The van der Waals surface area contributed by atoms with Gasteiger partial charge >= 0.3 is 6.03 Å². The fraction of sp³-hybridized carbons (Fsp3) is 0.714. The molecule has 15 heavy (non-hydrogen) atoms. The summed E-state index contributed by atoms with van der Waals surface area (Å²) in [5.74, 6) is 0. The predicted molar refractivity (Wildman–Crippen MR) is 47.8 cm³/mol. The molecule has 2 amide bonds. The zero-order chi connectivity index (χ0) is 11.8. The van der Waals surface area contributed by atoms with E-state index >= 15 is 0 Å². The van der Waals surface area contributed by atoms with Gasteiger partial charge in [-0.05, 0) is 0 Å². The Hall–Kier alpha value is -1.38. The highest BCUT2D eigenvalue weighted by Crippen LogP contribution is 2.17. The van der Waals surface area contributed by atoms with Gasteiger partial charge in [0, 0.05) is 6.42 Å². The number of ether oxygens (including phenoxy) is 1. The van der Waals surface area contributed by atoms with Gasteiger partial charge in [-0.2, -0.15) is 0 Å². The monoisotopic (exact) mass is 222 g/mol. The van der Waals surface area contributed by atoms with Crippen LogP contribution in [0.15, 0.2) is 0 Å². The highest BCUT2D eigenvalue weighted by molar-refractivity contribution is 5.71. The number of carbonyl (C=O) groups is 2. The van der Waals surface area contributed by atoms with Gasteiger partial charge in [0.25, 0.3) is 6.47 Å². The van der Waals surface area contributed by atoms with Crippen LogP contribution in [0.1, 0.15) is 6.42 Å². The number of amides is 2. The molecule has 0 unspecified atom stereocenters. The van der Waals surface area contributed by atoms with Gasteiger partial charge in [0.15, 0.2) is 0 Å². The van der Waals surface area contributed by atoms with Crippen molar-refractivity contribution >= 4 is 12.5 Å². The number of aliphatic hydroxyl groups is 2. The number of rotatable bonds is 2. The third-order valence-electron chi connectivity index (χ3n) is 1.71. The van der Waals surface area contributed by atoms with Crippen molar-refractivity contribution in [2.24, 2.45) is 5.73 Å². The zero-order valence-electron chi connectivity index (χ0n) is 7.87. The van der Waals surface area contributed by atoms with E-state index in [9.17, 15) is 9.90 Å². The number of aliphatic hydroxyl groups excluding tert-OH is 2. The Morgan fingerprint density at radius 1 is 1.67 bits per heavy atom. The van der Waals surface area contributed by atoms with Crippen molar-refractivity contribution in [3.8, 4) is 0 Å². The fourth-order valence-corrected chi connectivity index (χ4v) is 1.14. The summed E-state index contributed by atoms with van der Waals surface area (Å²) < 4.78 is 5.02. The molecule has 0 spiro atoms. The standard InChI is InChI=1S/C6H12N2O4.CH2O2/c7-6(11)8-5-1-3(10)4(2-9)12-5;2-1-3/h3-5,9-10H,1-2H2,(H3,7,8,11);1H,(H,2,3)/t3-,4+,5+;/m0./s1. The van der Waals surface area contributed by atoms with Crippen LogP contribution in [0.5, 0.6) is 0 Å². The number of hydrogen-bond acceptors (Lipinski definition) is 5. The van der Waals surface area contributed by atoms with Crippen molar-refractivity contribution in [3.63, 3.8) is 0 Å². The molecule has 1 heterocycles. The van der Waals surface area contributed by atoms with E-state index in [1.807, 2.05) is 0 Å². The molecule has 0 aliphatic carbocycles. The van der Waals surface area contributed by atoms with E-state index in [2.05, 4.69) is 5.32 Å². The lowest BCUT2D eigenvalue weighted by Crippen LogP contribution is -2.38. The van der Waals surface area contributed by atoms with E-state index in [0.29, 0.717) is 0 Å². The highest BCUT2D eigenvalue weighted by Gasteiger charge is 2.33. The topological polar surface area (TPSA) is 142 Å². The van der Waals surface area contributed by atoms with Gasteiger partial charge in [0.05, 0.1) is 12.7 Å². The molecular formula is C7H14N2O6. The number of nitrogens with one attached hydrogen (secondary N) is 1. The Kier molecular flexibility index (Phi) is 6.34. The third-order valence-corrected chi connectivity index (χ3v) is 1.71. The summed E-state index contributed by atoms with van der Waals surface area (Å²) in [7, 11) is 0. The van der Waals surface area contributed by atoms with E-state index in [1.165, 1.54) is 0 Å². The Morgan fingerprint density at radius 3 is 2.53 bits per heavy atom. The predicted octanol–water partition coefficient (Wildman–Crippen LogP) is -2.18. The van der Waals surface area contributed by atoms with E-state index in [4.69, 9.17) is 25.5 Å². The molecule has 1 rings (SSSR count). The van der Waals surface area contributed by atoms with Crippen LogP contribution in [-0.2, 0) is 9.53 Å². The number of hydrogen-bond donors (Lipinski definition) is 5. The van der Waals surface area contributed by atoms with Gasteiger partial charge in [0.1, 0.15) is 12.3 Å². The second-order valence-electron chi connectivity index (χ2n) is 2.76. The average Bonchev–Trinajstić information content (AvgIpc) is 2.46. The van der Waals surface area contributed by atoms with Crippen LogP contribution in [0.2, 0.25) is 0 Å². The fourth-order valence-electron chi connectivity index (χ4n) is 1.14. The first kappa shape index (κ1) is 13.6. The molecule has 1 aliphatic rings. The van der Waals surface area contributed by atoms with Crippen LogP contribution in [0.4, 0.5) is 4.79 Å². The minimum atomic E-state index is -0.744. The number of urea groups is 1. The Bertz CT molecular complexity index is 212. The van der Waals surface area contributed by atoms with Crippen LogP contribution >= 0.6 is 0 Å². The number of nitrogens with two attached hydrogens (primary N) is 1. The summed E-state index contributed by atoms with van der Waals surface area (Å²) in [5.41, 5.74) is 4.83. The summed E-state index contributed by atoms with van der Waals surface area (Å²) >= 11 is 0. The molecular weight excluding hydrogens is 208 g/mol. The lowest BCUT2D eigenvalue weighted by Gasteiger charge is -2.11. The van der Waals surface area contributed by atoms with Crippen molar-refractivity contribution in [1.29, 1.82) is 0 Å². The van der Waals surface area contributed by atoms with Crippen LogP contribution in [0, 0.1) is 0 Å². The molecule has 88 valence electrons. The number of carboxylic acid groups (broad SMARTS) is 1. The molecule has 0 aromatic rings. The van der Waals surface area contributed by atoms with Crippen molar-refractivity contribution in [2.45, 2.75) is 24.9 Å². The molecule has 8 nitrogen and oxygen atoms in total. The second kappa shape index (κ2) is 6.98. The Morgan fingerprint density at radius 2 is 2.20 bits per heavy atom. The van der Waals surface area contributed by atoms with Crippen molar-refractivity contribution in [3.05, 3.63) is 0 Å². The van der Waals surface area contributed by atoms with E-state index in [0.717, 1.165) is 0 Å². The van der Waals surface area contributed by atoms with Crippen LogP contribution < -0.4 is 11.1 Å². The Balaban J connectivity index is 0.000000583. The van der Waals surface area contributed by atoms with Gasteiger partial charge in [-0.25, -0.2) is 4.79 Å². The van der Waals surface area contributed by atoms with Crippen molar-refractivity contribution in [2.75, 3.05) is 6.61 Å². The lowest BCUT2D eigenvalue weighted by molar-refractivity contribution is -0.122. The first-order valence-corrected chi connectivity index (χ1v) is 4.13. The summed E-state index contributed by atoms with van der Waals surface area (Å²) in [6.45, 7) is -0.516. The maximum atomic E-state index is 10.3. The molecule has 1 fully saturated rings. The average molecular weight is 222 g/mol. The number of carbonyl (C=O) groups excluding carboxylic acids is 1. The molecule has 0 aromatic heterocycles. The van der Waals surface area contributed by atoms with E-state index in [-0.39, 0.29) is 19.5 Å². The second-order valence-corrected chi connectivity index (χ2v) is 2.76. The normalized spacial score (nSPS) is 28.8. The third kappa shape index (κ3) is 5.15. The van der Waals surface area contributed by atoms with Crippen LogP contribution in [0.25, 0.3) is 0 Å². The maximum absolute atomic E-state index is 10.3. The highest BCUT2D eigenvalue weighted by atomic mass is 16.5. The van der Waals surface area contributed by atoms with Crippen LogP contribution in [-0.4, -0.2) is 52.9 Å². The SMILES string of the molecule is NC(=O)N[C@H]1C[C@H](O)[C@@H](CO)O1.O=CO. The molecule has 3 atom stereocenters. The minimum Gasteiger partial charge on any atom is -0.483 e. The van der Waals surface area contributed by atoms with Gasteiger partial charge in [-0.3, -0.25) is 4.79 Å². The molecule has 1 aliphatic heterocycles. The summed E-state index contributed by atoms with van der Waals surface area (Å²) in [5, 5.41) is 27.0.